The van der Waals surface area contributed by atoms with Crippen molar-refractivity contribution in [2.75, 3.05) is 0 Å². The Labute approximate surface area is 69.9 Å². The van der Waals surface area contributed by atoms with E-state index in [2.05, 4.69) is 15.2 Å². The van der Waals surface area contributed by atoms with E-state index in [0.717, 1.165) is 10.9 Å². The molecule has 4 heteroatoms. The Balaban J connectivity index is 0.000000213. The predicted molar refractivity (Wildman–Crippen MR) is 45.2 cm³/mol. The molecule has 0 spiro atoms. The predicted octanol–water partition coefficient (Wildman–Crippen LogP) is 1.49. The van der Waals surface area contributed by atoms with Gasteiger partial charge in [0.15, 0.2) is 0 Å². The number of aromatic amines is 1. The van der Waals surface area contributed by atoms with Crippen molar-refractivity contribution in [1.82, 2.24) is 15.2 Å². The second kappa shape index (κ2) is 4.09. The molecule has 0 radical (unpaired) electrons. The van der Waals surface area contributed by atoms with Gasteiger partial charge in [-0.25, -0.2) is 0 Å². The van der Waals surface area contributed by atoms with Crippen molar-refractivity contribution in [2.24, 2.45) is 0 Å². The molecule has 0 aliphatic rings. The van der Waals surface area contributed by atoms with Gasteiger partial charge in [0.2, 0.25) is 0 Å². The standard InChI is InChI=1S/C6H5N3.C2H3N/c1-2-7-4-6-5(1)3-8-9-6;1-2-3/h1-4H,(H,8,9);1H3. The van der Waals surface area contributed by atoms with E-state index in [0.29, 0.717) is 0 Å². The van der Waals surface area contributed by atoms with Crippen LogP contribution in [0.15, 0.2) is 24.7 Å². The lowest BCUT2D eigenvalue weighted by Crippen LogP contribution is -1.69. The molecule has 0 aliphatic carbocycles. The van der Waals surface area contributed by atoms with Crippen LogP contribution in [0.5, 0.6) is 0 Å². The number of pyridine rings is 1. The zero-order valence-electron chi connectivity index (χ0n) is 6.65. The third-order valence-electron chi connectivity index (χ3n) is 1.24. The molecule has 0 saturated carbocycles. The van der Waals surface area contributed by atoms with E-state index in [-0.39, 0.29) is 0 Å². The summed E-state index contributed by atoms with van der Waals surface area (Å²) in [5.74, 6) is 0. The summed E-state index contributed by atoms with van der Waals surface area (Å²) in [6.45, 7) is 1.43. The van der Waals surface area contributed by atoms with Crippen LogP contribution >= 0.6 is 0 Å². The van der Waals surface area contributed by atoms with Crippen molar-refractivity contribution in [2.45, 2.75) is 6.92 Å². The van der Waals surface area contributed by atoms with Crippen molar-refractivity contribution in [3.8, 4) is 6.07 Å². The lowest BCUT2D eigenvalue weighted by Gasteiger charge is -1.80. The van der Waals surface area contributed by atoms with Gasteiger partial charge in [-0.1, -0.05) is 0 Å². The Bertz CT molecular complexity index is 355. The van der Waals surface area contributed by atoms with Gasteiger partial charge in [-0.2, -0.15) is 10.4 Å². The summed E-state index contributed by atoms with van der Waals surface area (Å²) in [4.78, 5) is 3.91. The van der Waals surface area contributed by atoms with E-state index < -0.39 is 0 Å². The van der Waals surface area contributed by atoms with Crippen molar-refractivity contribution in [3.63, 3.8) is 0 Å². The first-order valence-electron chi connectivity index (χ1n) is 3.42. The van der Waals surface area contributed by atoms with Crippen molar-refractivity contribution < 1.29 is 0 Å². The van der Waals surface area contributed by atoms with E-state index in [4.69, 9.17) is 5.26 Å². The molecule has 2 aromatic heterocycles. The molecule has 0 atom stereocenters. The molecule has 1 N–H and O–H groups in total. The highest BCUT2D eigenvalue weighted by molar-refractivity contribution is 5.76. The maximum Gasteiger partial charge on any atom is 0.0833 e. The van der Waals surface area contributed by atoms with Gasteiger partial charge in [-0.15, -0.1) is 0 Å². The first-order chi connectivity index (χ1) is 5.88. The number of aromatic nitrogens is 3. The van der Waals surface area contributed by atoms with Crippen molar-refractivity contribution in [3.05, 3.63) is 24.7 Å². The van der Waals surface area contributed by atoms with Crippen LogP contribution in [0.1, 0.15) is 6.92 Å². The zero-order chi connectivity index (χ0) is 8.81. The smallest absolute Gasteiger partial charge is 0.0833 e. The molecule has 12 heavy (non-hydrogen) atoms. The van der Waals surface area contributed by atoms with Gasteiger partial charge in [-0.3, -0.25) is 10.1 Å². The zero-order valence-corrected chi connectivity index (χ0v) is 6.65. The van der Waals surface area contributed by atoms with Gasteiger partial charge < -0.3 is 0 Å². The molecule has 0 aromatic carbocycles. The summed E-state index contributed by atoms with van der Waals surface area (Å²) in [5.41, 5.74) is 0.984. The fourth-order valence-electron chi connectivity index (χ4n) is 0.783. The third-order valence-corrected chi connectivity index (χ3v) is 1.24. The van der Waals surface area contributed by atoms with Gasteiger partial charge in [0.1, 0.15) is 0 Å². The summed E-state index contributed by atoms with van der Waals surface area (Å²) < 4.78 is 0. The molecule has 60 valence electrons. The second-order valence-corrected chi connectivity index (χ2v) is 2.06. The molecule has 0 saturated heterocycles. The highest BCUT2D eigenvalue weighted by Crippen LogP contribution is 2.04. The molecule has 0 unspecified atom stereocenters. The molecular weight excluding hydrogens is 152 g/mol. The third kappa shape index (κ3) is 1.80. The Hall–Kier alpha value is -1.89. The van der Waals surface area contributed by atoms with Gasteiger partial charge >= 0.3 is 0 Å². The Morgan fingerprint density at radius 1 is 1.50 bits per heavy atom. The maximum absolute atomic E-state index is 7.32. The van der Waals surface area contributed by atoms with E-state index >= 15 is 0 Å². The van der Waals surface area contributed by atoms with E-state index in [1.165, 1.54) is 6.92 Å². The van der Waals surface area contributed by atoms with Crippen LogP contribution in [0.2, 0.25) is 0 Å². The maximum atomic E-state index is 7.32. The normalized spacial score (nSPS) is 8.33. The van der Waals surface area contributed by atoms with Crippen LogP contribution in [-0.2, 0) is 0 Å². The number of nitrogens with zero attached hydrogens (tertiary/aromatic N) is 3. The van der Waals surface area contributed by atoms with Gasteiger partial charge in [0.05, 0.1) is 24.0 Å². The molecular formula is C8H8N4. The van der Waals surface area contributed by atoms with Crippen LogP contribution in [0.4, 0.5) is 0 Å². The summed E-state index contributed by atoms with van der Waals surface area (Å²) in [5, 5.41) is 15.1. The number of H-pyrrole nitrogens is 1. The minimum absolute atomic E-state index is 0.984. The van der Waals surface area contributed by atoms with Crippen LogP contribution in [0.3, 0.4) is 0 Å². The van der Waals surface area contributed by atoms with Crippen LogP contribution in [0, 0.1) is 11.3 Å². The molecule has 2 rings (SSSR count). The summed E-state index contributed by atoms with van der Waals surface area (Å²) >= 11 is 0. The van der Waals surface area contributed by atoms with Crippen LogP contribution in [-0.4, -0.2) is 15.2 Å². The monoisotopic (exact) mass is 160 g/mol. The largest absolute Gasteiger partial charge is 0.276 e. The number of nitriles is 1. The highest BCUT2D eigenvalue weighted by Gasteiger charge is 1.89. The summed E-state index contributed by atoms with van der Waals surface area (Å²) in [7, 11) is 0. The Kier molecular flexibility index (Phi) is 2.79. The Morgan fingerprint density at radius 3 is 2.92 bits per heavy atom. The van der Waals surface area contributed by atoms with E-state index in [1.807, 2.05) is 6.07 Å². The average Bonchev–Trinajstić information content (AvgIpc) is 2.52. The van der Waals surface area contributed by atoms with Crippen LogP contribution in [0.25, 0.3) is 10.9 Å². The highest BCUT2D eigenvalue weighted by atomic mass is 15.1. The minimum Gasteiger partial charge on any atom is -0.276 e. The molecule has 2 aromatic rings. The molecule has 0 amide bonds. The quantitative estimate of drug-likeness (QED) is 0.634. The molecule has 0 bridgehead atoms. The summed E-state index contributed by atoms with van der Waals surface area (Å²) in [6, 6.07) is 3.67. The fraction of sp³-hybridized carbons (Fsp3) is 0.125. The fourth-order valence-corrected chi connectivity index (χ4v) is 0.783. The molecule has 2 heterocycles. The second-order valence-electron chi connectivity index (χ2n) is 2.06. The van der Waals surface area contributed by atoms with E-state index in [1.54, 1.807) is 24.7 Å². The lowest BCUT2D eigenvalue weighted by molar-refractivity contribution is 1.11. The van der Waals surface area contributed by atoms with Gasteiger partial charge in [0, 0.05) is 18.5 Å². The first kappa shape index (κ1) is 8.21. The van der Waals surface area contributed by atoms with Gasteiger partial charge in [0.25, 0.3) is 0 Å². The number of rotatable bonds is 0. The topological polar surface area (TPSA) is 65.4 Å². The number of fused-ring (bicyclic) bond motifs is 1. The van der Waals surface area contributed by atoms with E-state index in [9.17, 15) is 0 Å². The van der Waals surface area contributed by atoms with Gasteiger partial charge in [-0.05, 0) is 6.07 Å². The number of nitrogens with one attached hydrogen (secondary N) is 1. The molecule has 0 fully saturated rings. The minimum atomic E-state index is 0.984. The molecule has 0 aliphatic heterocycles. The van der Waals surface area contributed by atoms with Crippen LogP contribution < -0.4 is 0 Å². The van der Waals surface area contributed by atoms with Crippen molar-refractivity contribution >= 4 is 10.9 Å². The molecule has 4 nitrogen and oxygen atoms in total. The number of hydrogen-bond donors (Lipinski definition) is 1. The number of hydrogen-bond acceptors (Lipinski definition) is 3. The average molecular weight is 160 g/mol. The first-order valence-corrected chi connectivity index (χ1v) is 3.42. The van der Waals surface area contributed by atoms with Crippen molar-refractivity contribution in [1.29, 1.82) is 5.26 Å². The lowest BCUT2D eigenvalue weighted by atomic mass is 10.3. The Morgan fingerprint density at radius 2 is 2.25 bits per heavy atom. The SMILES string of the molecule is CC#N.c1cc2cn[nH]c2cn1. The summed E-state index contributed by atoms with van der Waals surface area (Å²) in [6.07, 6.45) is 5.28.